The first-order chi connectivity index (χ1) is 19.1. The minimum absolute atomic E-state index is 0.0200. The van der Waals surface area contributed by atoms with E-state index in [1.807, 2.05) is 6.92 Å². The molecule has 1 fully saturated rings. The molecule has 3 aromatic heterocycles. The van der Waals surface area contributed by atoms with Gasteiger partial charge in [-0.2, -0.15) is 0 Å². The predicted octanol–water partition coefficient (Wildman–Crippen LogP) is 4.10. The molecule has 3 N–H and O–H groups in total. The van der Waals surface area contributed by atoms with Gasteiger partial charge in [0.1, 0.15) is 17.8 Å². The van der Waals surface area contributed by atoms with Crippen LogP contribution in [0.2, 0.25) is 0 Å². The molecule has 0 radical (unpaired) electrons. The summed E-state index contributed by atoms with van der Waals surface area (Å²) in [5, 5.41) is 3.80. The van der Waals surface area contributed by atoms with Crippen LogP contribution in [0.15, 0.2) is 49.4 Å². The molecule has 10 nitrogen and oxygen atoms in total. The number of hydrogen-bond donors (Lipinski definition) is 2. The third-order valence-electron chi connectivity index (χ3n) is 7.61. The number of carbonyl (C=O) groups is 1. The molecule has 0 spiro atoms. The highest BCUT2D eigenvalue weighted by molar-refractivity contribution is 6.02. The van der Waals surface area contributed by atoms with Crippen LogP contribution in [-0.4, -0.2) is 53.9 Å². The Balaban J connectivity index is 1.42. The summed E-state index contributed by atoms with van der Waals surface area (Å²) in [6.07, 6.45) is 6.16. The number of nitrogens with zero attached hydrogens (tertiary/aromatic N) is 6. The lowest BCUT2D eigenvalue weighted by atomic mass is 9.97. The molecule has 0 atom stereocenters. The first kappa shape index (κ1) is 25.9. The molecule has 1 aliphatic heterocycles. The maximum absolute atomic E-state index is 15.5. The highest BCUT2D eigenvalue weighted by Crippen LogP contribution is 2.45. The van der Waals surface area contributed by atoms with Gasteiger partial charge in [0, 0.05) is 42.8 Å². The van der Waals surface area contributed by atoms with Crippen LogP contribution in [0.3, 0.4) is 0 Å². The number of nitrogen functional groups attached to an aromatic ring is 1. The second-order valence-corrected chi connectivity index (χ2v) is 11.3. The lowest BCUT2D eigenvalue weighted by Crippen LogP contribution is -2.52. The molecule has 6 rings (SSSR count). The van der Waals surface area contributed by atoms with Crippen molar-refractivity contribution in [2.75, 3.05) is 18.8 Å². The van der Waals surface area contributed by atoms with Crippen LogP contribution in [0.5, 0.6) is 11.8 Å². The van der Waals surface area contributed by atoms with E-state index in [-0.39, 0.29) is 28.7 Å². The monoisotopic (exact) mass is 542 g/mol. The molecule has 1 aromatic carbocycles. The number of benzene rings is 1. The Bertz CT molecular complexity index is 1660. The van der Waals surface area contributed by atoms with E-state index in [4.69, 9.17) is 10.5 Å². The molecule has 4 aromatic rings. The minimum Gasteiger partial charge on any atom is -0.421 e. The molecule has 206 valence electrons. The predicted molar refractivity (Wildman–Crippen MR) is 149 cm³/mol. The fourth-order valence-corrected chi connectivity index (χ4v) is 5.82. The van der Waals surface area contributed by atoms with Crippen LogP contribution < -0.4 is 15.8 Å². The second-order valence-electron chi connectivity index (χ2n) is 11.3. The van der Waals surface area contributed by atoms with E-state index in [0.29, 0.717) is 41.2 Å². The summed E-state index contributed by atoms with van der Waals surface area (Å²) >= 11 is 0. The van der Waals surface area contributed by atoms with Crippen LogP contribution in [0.25, 0.3) is 22.2 Å². The van der Waals surface area contributed by atoms with Crippen molar-refractivity contribution >= 4 is 22.8 Å². The van der Waals surface area contributed by atoms with E-state index in [9.17, 15) is 4.79 Å². The number of halogens is 1. The van der Waals surface area contributed by atoms with Gasteiger partial charge >= 0.3 is 6.01 Å². The van der Waals surface area contributed by atoms with Crippen LogP contribution in [-0.2, 0) is 16.9 Å². The van der Waals surface area contributed by atoms with Crippen molar-refractivity contribution < 1.29 is 13.9 Å². The van der Waals surface area contributed by atoms with E-state index in [1.54, 1.807) is 24.4 Å². The Labute approximate surface area is 231 Å². The third-order valence-corrected chi connectivity index (χ3v) is 7.61. The van der Waals surface area contributed by atoms with Crippen molar-refractivity contribution in [3.05, 3.63) is 66.6 Å². The smallest absolute Gasteiger partial charge is 0.322 e. The molecule has 40 heavy (non-hydrogen) atoms. The van der Waals surface area contributed by atoms with Gasteiger partial charge in [0.25, 0.3) is 0 Å². The third kappa shape index (κ3) is 4.56. The van der Waals surface area contributed by atoms with E-state index < -0.39 is 5.82 Å². The van der Waals surface area contributed by atoms with E-state index in [2.05, 4.69) is 55.1 Å². The fourth-order valence-electron chi connectivity index (χ4n) is 5.82. The van der Waals surface area contributed by atoms with Crippen molar-refractivity contribution in [2.45, 2.75) is 51.2 Å². The Morgan fingerprint density at radius 2 is 2.05 bits per heavy atom. The van der Waals surface area contributed by atoms with Crippen molar-refractivity contribution in [3.63, 3.8) is 0 Å². The van der Waals surface area contributed by atoms with E-state index in [0.717, 1.165) is 30.6 Å². The second kappa shape index (κ2) is 9.37. The lowest BCUT2D eigenvalue weighted by Gasteiger charge is -2.42. The molecule has 1 amide bonds. The summed E-state index contributed by atoms with van der Waals surface area (Å²) in [6, 6.07) is 6.62. The van der Waals surface area contributed by atoms with Crippen molar-refractivity contribution in [1.29, 1.82) is 0 Å². The molecule has 0 bridgehead atoms. The van der Waals surface area contributed by atoms with Gasteiger partial charge in [-0.15, -0.1) is 0 Å². The summed E-state index contributed by atoms with van der Waals surface area (Å²) < 4.78 is 23.3. The first-order valence-corrected chi connectivity index (χ1v) is 13.2. The molecular weight excluding hydrogens is 511 g/mol. The largest absolute Gasteiger partial charge is 0.421 e. The number of aryl methyl sites for hydroxylation is 1. The molecule has 4 heterocycles. The average molecular weight is 543 g/mol. The van der Waals surface area contributed by atoms with Gasteiger partial charge in [-0.3, -0.25) is 9.69 Å². The number of nitrogens with two attached hydrogens (primary N) is 1. The van der Waals surface area contributed by atoms with E-state index >= 15 is 4.39 Å². The topological polar surface area (TPSA) is 124 Å². The van der Waals surface area contributed by atoms with Crippen molar-refractivity contribution in [3.8, 4) is 22.9 Å². The van der Waals surface area contributed by atoms with Gasteiger partial charge in [-0.1, -0.05) is 12.6 Å². The zero-order chi connectivity index (χ0) is 28.2. The summed E-state index contributed by atoms with van der Waals surface area (Å²) in [4.78, 5) is 31.6. The Kier molecular flexibility index (Phi) is 6.06. The molecular formula is C29H31FN8O2. The van der Waals surface area contributed by atoms with Gasteiger partial charge in [0.15, 0.2) is 11.6 Å². The van der Waals surface area contributed by atoms with Gasteiger partial charge in [-0.25, -0.2) is 24.3 Å². The van der Waals surface area contributed by atoms with Crippen molar-refractivity contribution in [2.24, 2.45) is 0 Å². The number of carbonyl (C=O) groups excluding carboxylic acids is 1. The zero-order valence-electron chi connectivity index (χ0n) is 22.7. The SMILES string of the molecule is C=CC(=O)NC1(CN2Cc3c(-c4ccc(Oc5nccc(C)n5)c(F)c4)c4c(N)ncnc4n3C(C)(C)C2)CC1. The number of fused-ring (bicyclic) bond motifs is 3. The highest BCUT2D eigenvalue weighted by Gasteiger charge is 2.47. The first-order valence-electron chi connectivity index (χ1n) is 13.2. The fraction of sp³-hybridized carbons (Fsp3) is 0.345. The summed E-state index contributed by atoms with van der Waals surface area (Å²) in [6.45, 7) is 11.7. The molecule has 0 saturated heterocycles. The minimum atomic E-state index is -0.554. The maximum atomic E-state index is 15.5. The quantitative estimate of drug-likeness (QED) is 0.335. The molecule has 1 aliphatic carbocycles. The van der Waals surface area contributed by atoms with Gasteiger partial charge in [0.2, 0.25) is 5.91 Å². The summed E-state index contributed by atoms with van der Waals surface area (Å²) in [7, 11) is 0. The Morgan fingerprint density at radius 3 is 2.75 bits per heavy atom. The van der Waals surface area contributed by atoms with Gasteiger partial charge < -0.3 is 20.4 Å². The standard InChI is InChI=1S/C29H31FN8O2/c1-5-22(39)36-29(9-10-29)15-37-13-20-23(24-25(31)33-16-34-26(24)38(20)28(3,4)14-37)18-6-7-21(19(30)12-18)40-27-32-11-8-17(2)35-27/h5-8,11-12,16H,1,9-10,13-15H2,2-4H3,(H,36,39)(H2,31,33,34). The Hall–Kier alpha value is -4.38. The molecule has 11 heteroatoms. The number of aromatic nitrogens is 5. The summed E-state index contributed by atoms with van der Waals surface area (Å²) in [5.41, 5.74) is 9.59. The van der Waals surface area contributed by atoms with Gasteiger partial charge in [-0.05, 0) is 63.5 Å². The number of hydrogen-bond acceptors (Lipinski definition) is 8. The van der Waals surface area contributed by atoms with Crippen LogP contribution in [0, 0.1) is 12.7 Å². The van der Waals surface area contributed by atoms with Crippen LogP contribution in [0.4, 0.5) is 10.2 Å². The number of amides is 1. The number of anilines is 1. The molecule has 2 aliphatic rings. The number of nitrogens with one attached hydrogen (secondary N) is 1. The lowest BCUT2D eigenvalue weighted by molar-refractivity contribution is -0.117. The highest BCUT2D eigenvalue weighted by atomic mass is 19.1. The molecule has 1 saturated carbocycles. The zero-order valence-corrected chi connectivity index (χ0v) is 22.7. The van der Waals surface area contributed by atoms with Gasteiger partial charge in [0.05, 0.1) is 16.5 Å². The molecule has 0 unspecified atom stereocenters. The maximum Gasteiger partial charge on any atom is 0.322 e. The van der Waals surface area contributed by atoms with Crippen LogP contribution in [0.1, 0.15) is 38.1 Å². The summed E-state index contributed by atoms with van der Waals surface area (Å²) in [5.74, 6) is -0.371. The van der Waals surface area contributed by atoms with E-state index in [1.165, 1.54) is 18.5 Å². The van der Waals surface area contributed by atoms with Crippen molar-refractivity contribution in [1.82, 2.24) is 34.7 Å². The normalized spacial score (nSPS) is 17.3. The number of rotatable bonds is 7. The van der Waals surface area contributed by atoms with Crippen LogP contribution >= 0.6 is 0 Å². The number of ether oxygens (including phenoxy) is 1. The average Bonchev–Trinajstić information content (AvgIpc) is 3.54. The Morgan fingerprint density at radius 1 is 1.25 bits per heavy atom.